The molecule has 0 saturated carbocycles. The Balaban J connectivity index is 1.32. The first-order chi connectivity index (χ1) is 14.2. The molecule has 2 aromatic heterocycles. The standard InChI is InChI=1S/C20H19FN4O4/c21-15-2-1-3-16(12-15)27-10-6-18(26)25-9-11-28-17(13-25)20-23-19(24-29-20)14-4-7-22-8-5-14/h1-5,7-8,12,17H,6,9-11,13H2/t17-/m0/s1. The van der Waals surface area contributed by atoms with Gasteiger partial charge in [-0.2, -0.15) is 4.98 Å². The Morgan fingerprint density at radius 2 is 2.14 bits per heavy atom. The van der Waals surface area contributed by atoms with E-state index in [1.165, 1.54) is 12.1 Å². The highest BCUT2D eigenvalue weighted by Gasteiger charge is 2.29. The predicted molar refractivity (Wildman–Crippen MR) is 99.3 cm³/mol. The van der Waals surface area contributed by atoms with Crippen LogP contribution in [-0.4, -0.2) is 52.2 Å². The van der Waals surface area contributed by atoms with Crippen molar-refractivity contribution in [2.24, 2.45) is 0 Å². The van der Waals surface area contributed by atoms with Gasteiger partial charge in [0.1, 0.15) is 11.6 Å². The summed E-state index contributed by atoms with van der Waals surface area (Å²) < 4.78 is 29.7. The average molecular weight is 398 g/mol. The number of ether oxygens (including phenoxy) is 2. The van der Waals surface area contributed by atoms with Gasteiger partial charge in [0, 0.05) is 30.6 Å². The molecule has 1 atom stereocenters. The third kappa shape index (κ3) is 4.75. The molecule has 0 bridgehead atoms. The number of aromatic nitrogens is 3. The Bertz CT molecular complexity index is 966. The first-order valence-corrected chi connectivity index (χ1v) is 9.21. The summed E-state index contributed by atoms with van der Waals surface area (Å²) in [4.78, 5) is 22.5. The number of halogens is 1. The maximum atomic E-state index is 13.2. The number of hydrogen-bond acceptors (Lipinski definition) is 7. The van der Waals surface area contributed by atoms with Gasteiger partial charge in [-0.15, -0.1) is 0 Å². The van der Waals surface area contributed by atoms with Crippen LogP contribution in [0.4, 0.5) is 4.39 Å². The van der Waals surface area contributed by atoms with Crippen molar-refractivity contribution in [1.29, 1.82) is 0 Å². The Morgan fingerprint density at radius 3 is 2.97 bits per heavy atom. The molecule has 3 aromatic rings. The molecule has 1 amide bonds. The number of benzene rings is 1. The first-order valence-electron chi connectivity index (χ1n) is 9.21. The molecule has 1 aliphatic rings. The smallest absolute Gasteiger partial charge is 0.257 e. The van der Waals surface area contributed by atoms with Crippen molar-refractivity contribution in [3.8, 4) is 17.1 Å². The quantitative estimate of drug-likeness (QED) is 0.630. The fraction of sp³-hybridized carbons (Fsp3) is 0.300. The second-order valence-corrected chi connectivity index (χ2v) is 6.45. The Kier molecular flexibility index (Phi) is 5.76. The van der Waals surface area contributed by atoms with E-state index in [4.69, 9.17) is 14.0 Å². The Morgan fingerprint density at radius 1 is 1.28 bits per heavy atom. The number of nitrogens with zero attached hydrogens (tertiary/aromatic N) is 4. The van der Waals surface area contributed by atoms with Gasteiger partial charge < -0.3 is 18.9 Å². The summed E-state index contributed by atoms with van der Waals surface area (Å²) in [6, 6.07) is 9.39. The van der Waals surface area contributed by atoms with Crippen LogP contribution in [0.15, 0.2) is 53.3 Å². The van der Waals surface area contributed by atoms with Crippen molar-refractivity contribution in [3.05, 3.63) is 60.5 Å². The molecule has 0 N–H and O–H groups in total. The minimum Gasteiger partial charge on any atom is -0.493 e. The highest BCUT2D eigenvalue weighted by Crippen LogP contribution is 2.24. The van der Waals surface area contributed by atoms with Crippen LogP contribution >= 0.6 is 0 Å². The van der Waals surface area contributed by atoms with E-state index in [0.29, 0.717) is 37.2 Å². The van der Waals surface area contributed by atoms with Crippen molar-refractivity contribution in [2.75, 3.05) is 26.3 Å². The Hall–Kier alpha value is -3.33. The third-order valence-corrected chi connectivity index (χ3v) is 4.46. The molecule has 0 aliphatic carbocycles. The predicted octanol–water partition coefficient (Wildman–Crippen LogP) is 2.64. The molecule has 150 valence electrons. The minimum atomic E-state index is -0.486. The van der Waals surface area contributed by atoms with Crippen LogP contribution in [0.5, 0.6) is 5.75 Å². The SMILES string of the molecule is O=C(CCOc1cccc(F)c1)N1CCO[C@H](c2nc(-c3ccncc3)no2)C1. The van der Waals surface area contributed by atoms with Crippen molar-refractivity contribution in [3.63, 3.8) is 0 Å². The van der Waals surface area contributed by atoms with Gasteiger partial charge >= 0.3 is 0 Å². The summed E-state index contributed by atoms with van der Waals surface area (Å²) in [7, 11) is 0. The van der Waals surface area contributed by atoms with Crippen LogP contribution in [-0.2, 0) is 9.53 Å². The number of carbonyl (C=O) groups is 1. The fourth-order valence-corrected chi connectivity index (χ4v) is 2.98. The highest BCUT2D eigenvalue weighted by atomic mass is 19.1. The largest absolute Gasteiger partial charge is 0.493 e. The van der Waals surface area contributed by atoms with Crippen LogP contribution in [0.1, 0.15) is 18.4 Å². The van der Waals surface area contributed by atoms with E-state index in [2.05, 4.69) is 15.1 Å². The number of carbonyl (C=O) groups excluding carboxylic acids is 1. The zero-order valence-corrected chi connectivity index (χ0v) is 15.5. The molecule has 0 unspecified atom stereocenters. The molecule has 0 radical (unpaired) electrons. The van der Waals surface area contributed by atoms with E-state index in [-0.39, 0.29) is 24.8 Å². The number of morpholine rings is 1. The summed E-state index contributed by atoms with van der Waals surface area (Å²) >= 11 is 0. The fourth-order valence-electron chi connectivity index (χ4n) is 2.98. The average Bonchev–Trinajstić information content (AvgIpc) is 3.25. The second kappa shape index (κ2) is 8.78. The van der Waals surface area contributed by atoms with Gasteiger partial charge in [-0.05, 0) is 24.3 Å². The number of rotatable bonds is 6. The van der Waals surface area contributed by atoms with Crippen LogP contribution in [0.2, 0.25) is 0 Å². The van der Waals surface area contributed by atoms with E-state index >= 15 is 0 Å². The molecule has 4 rings (SSSR count). The summed E-state index contributed by atoms with van der Waals surface area (Å²) in [6.45, 7) is 1.32. The van der Waals surface area contributed by atoms with Crippen LogP contribution in [0.25, 0.3) is 11.4 Å². The highest BCUT2D eigenvalue weighted by molar-refractivity contribution is 5.76. The minimum absolute atomic E-state index is 0.0800. The molecule has 3 heterocycles. The summed E-state index contributed by atoms with van der Waals surface area (Å²) in [5.41, 5.74) is 0.785. The molecule has 9 heteroatoms. The number of pyridine rings is 1. The zero-order valence-electron chi connectivity index (χ0n) is 15.5. The maximum absolute atomic E-state index is 13.2. The van der Waals surface area contributed by atoms with Crippen LogP contribution < -0.4 is 4.74 Å². The zero-order chi connectivity index (χ0) is 20.1. The van der Waals surface area contributed by atoms with Gasteiger partial charge in [-0.3, -0.25) is 9.78 Å². The van der Waals surface area contributed by atoms with E-state index < -0.39 is 6.10 Å². The summed E-state index contributed by atoms with van der Waals surface area (Å²) in [5.74, 6) is 0.703. The molecule has 1 fully saturated rings. The third-order valence-electron chi connectivity index (χ3n) is 4.46. The van der Waals surface area contributed by atoms with Crippen molar-refractivity contribution < 1.29 is 23.2 Å². The van der Waals surface area contributed by atoms with Gasteiger partial charge in [-0.25, -0.2) is 4.39 Å². The van der Waals surface area contributed by atoms with E-state index in [0.717, 1.165) is 5.56 Å². The molecule has 0 spiro atoms. The van der Waals surface area contributed by atoms with E-state index in [9.17, 15) is 9.18 Å². The topological polar surface area (TPSA) is 90.6 Å². The van der Waals surface area contributed by atoms with Crippen molar-refractivity contribution >= 4 is 5.91 Å². The molecule has 8 nitrogen and oxygen atoms in total. The van der Waals surface area contributed by atoms with Gasteiger partial charge in [0.25, 0.3) is 5.89 Å². The van der Waals surface area contributed by atoms with Gasteiger partial charge in [-0.1, -0.05) is 11.2 Å². The maximum Gasteiger partial charge on any atom is 0.257 e. The lowest BCUT2D eigenvalue weighted by Gasteiger charge is -2.31. The van der Waals surface area contributed by atoms with Gasteiger partial charge in [0.2, 0.25) is 11.7 Å². The summed E-state index contributed by atoms with van der Waals surface area (Å²) in [6.07, 6.45) is 2.98. The lowest BCUT2D eigenvalue weighted by atomic mass is 10.2. The number of hydrogen-bond donors (Lipinski definition) is 0. The van der Waals surface area contributed by atoms with Crippen molar-refractivity contribution in [2.45, 2.75) is 12.5 Å². The van der Waals surface area contributed by atoms with E-state index in [1.54, 1.807) is 41.6 Å². The molecular formula is C20H19FN4O4. The van der Waals surface area contributed by atoms with Crippen molar-refractivity contribution in [1.82, 2.24) is 20.0 Å². The van der Waals surface area contributed by atoms with Crippen LogP contribution in [0.3, 0.4) is 0 Å². The molecule has 1 saturated heterocycles. The molecule has 1 aliphatic heterocycles. The molecular weight excluding hydrogens is 379 g/mol. The van der Waals surface area contributed by atoms with Crippen LogP contribution in [0, 0.1) is 5.82 Å². The molecule has 29 heavy (non-hydrogen) atoms. The number of amides is 1. The van der Waals surface area contributed by atoms with Gasteiger partial charge in [0.15, 0.2) is 6.10 Å². The first kappa shape index (κ1) is 19.0. The second-order valence-electron chi connectivity index (χ2n) is 6.45. The lowest BCUT2D eigenvalue weighted by Crippen LogP contribution is -2.42. The van der Waals surface area contributed by atoms with E-state index in [1.807, 2.05) is 0 Å². The Labute approximate surface area is 166 Å². The monoisotopic (exact) mass is 398 g/mol. The van der Waals surface area contributed by atoms with Gasteiger partial charge in [0.05, 0.1) is 26.2 Å². The molecule has 1 aromatic carbocycles. The normalized spacial score (nSPS) is 16.6. The lowest BCUT2D eigenvalue weighted by molar-refractivity contribution is -0.140. The summed E-state index contributed by atoms with van der Waals surface area (Å²) in [5, 5.41) is 3.97.